The number of hydrogen-bond acceptors (Lipinski definition) is 7. The maximum Gasteiger partial charge on any atom is 0.183 e. The van der Waals surface area contributed by atoms with Gasteiger partial charge in [0, 0.05) is 16.8 Å². The highest BCUT2D eigenvalue weighted by atomic mass is 32.2. The van der Waals surface area contributed by atoms with Crippen LogP contribution in [0, 0.1) is 5.92 Å². The second-order valence-corrected chi connectivity index (χ2v) is 7.90. The van der Waals surface area contributed by atoms with E-state index in [1.165, 1.54) is 0 Å². The van der Waals surface area contributed by atoms with Crippen molar-refractivity contribution in [1.82, 2.24) is 0 Å². The Balaban J connectivity index is 2.02. The maximum atomic E-state index is 9.85. The summed E-state index contributed by atoms with van der Waals surface area (Å²) in [5.41, 5.74) is 0. The van der Waals surface area contributed by atoms with Crippen LogP contribution in [0.1, 0.15) is 6.92 Å². The number of rotatable bonds is 3. The Labute approximate surface area is 120 Å². The highest BCUT2D eigenvalue weighted by Gasteiger charge is 2.52. The van der Waals surface area contributed by atoms with Gasteiger partial charge in [-0.1, -0.05) is 6.92 Å². The minimum Gasteiger partial charge on any atom is -0.391 e. The summed E-state index contributed by atoms with van der Waals surface area (Å²) in [7, 11) is -0.464. The van der Waals surface area contributed by atoms with E-state index in [0.29, 0.717) is 11.5 Å². The predicted molar refractivity (Wildman–Crippen MR) is 72.0 cm³/mol. The molecule has 118 valence electrons. The summed E-state index contributed by atoms with van der Waals surface area (Å²) in [5, 5.41) is 57.3. The van der Waals surface area contributed by atoms with E-state index in [1.807, 2.05) is 0 Å². The summed E-state index contributed by atoms with van der Waals surface area (Å²) in [6.45, 7) is 1.49. The van der Waals surface area contributed by atoms with E-state index in [-0.39, 0.29) is 12.5 Å². The van der Waals surface area contributed by atoms with Crippen LogP contribution in [0.4, 0.5) is 0 Å². The molecule has 0 aromatic rings. The molecule has 0 aromatic carbocycles. The molecular formula is C12H23O7S+. The molecule has 2 aliphatic rings. The highest BCUT2D eigenvalue weighted by Crippen LogP contribution is 2.31. The molecule has 0 amide bonds. The van der Waals surface area contributed by atoms with Crippen molar-refractivity contribution in [3.8, 4) is 0 Å². The van der Waals surface area contributed by atoms with Crippen LogP contribution in [0.3, 0.4) is 0 Å². The minimum atomic E-state index is -1.44. The van der Waals surface area contributed by atoms with Crippen LogP contribution in [0.15, 0.2) is 0 Å². The van der Waals surface area contributed by atoms with E-state index in [0.717, 1.165) is 0 Å². The predicted octanol–water partition coefficient (Wildman–Crippen LogP) is -3.22. The van der Waals surface area contributed by atoms with Crippen LogP contribution in [0.25, 0.3) is 0 Å². The largest absolute Gasteiger partial charge is 0.391 e. The molecule has 6 N–H and O–H groups in total. The van der Waals surface area contributed by atoms with E-state index in [2.05, 4.69) is 0 Å². The Morgan fingerprint density at radius 2 is 1.70 bits per heavy atom. The Kier molecular flexibility index (Phi) is 5.30. The van der Waals surface area contributed by atoms with Gasteiger partial charge in [-0.2, -0.15) is 0 Å². The van der Waals surface area contributed by atoms with Crippen molar-refractivity contribution in [3.63, 3.8) is 0 Å². The van der Waals surface area contributed by atoms with Gasteiger partial charge in [-0.25, -0.2) is 0 Å². The zero-order valence-corrected chi connectivity index (χ0v) is 12.1. The summed E-state index contributed by atoms with van der Waals surface area (Å²) in [6, 6.07) is 0. The van der Waals surface area contributed by atoms with Gasteiger partial charge < -0.3 is 35.4 Å². The van der Waals surface area contributed by atoms with Gasteiger partial charge in [0.25, 0.3) is 0 Å². The molecule has 0 aliphatic carbocycles. The van der Waals surface area contributed by atoms with Gasteiger partial charge >= 0.3 is 0 Å². The van der Waals surface area contributed by atoms with Gasteiger partial charge in [0.05, 0.1) is 12.7 Å². The van der Waals surface area contributed by atoms with Crippen molar-refractivity contribution in [2.75, 3.05) is 18.1 Å². The smallest absolute Gasteiger partial charge is 0.183 e. The molecule has 4 unspecified atom stereocenters. The van der Waals surface area contributed by atoms with Crippen LogP contribution < -0.4 is 0 Å². The zero-order chi connectivity index (χ0) is 15.0. The van der Waals surface area contributed by atoms with Crippen LogP contribution in [-0.2, 0) is 15.6 Å². The van der Waals surface area contributed by atoms with Crippen LogP contribution in [0.2, 0.25) is 0 Å². The fraction of sp³-hybridized carbons (Fsp3) is 1.00. The van der Waals surface area contributed by atoms with Crippen molar-refractivity contribution in [1.29, 1.82) is 0 Å². The van der Waals surface area contributed by atoms with Gasteiger partial charge in [-0.15, -0.1) is 0 Å². The van der Waals surface area contributed by atoms with Crippen LogP contribution >= 0.6 is 0 Å². The van der Waals surface area contributed by atoms with Gasteiger partial charge in [0.1, 0.15) is 35.9 Å². The fourth-order valence-corrected chi connectivity index (χ4v) is 5.63. The minimum absolute atomic E-state index is 0.226. The fourth-order valence-electron chi connectivity index (χ4n) is 2.78. The lowest BCUT2D eigenvalue weighted by Gasteiger charge is -2.38. The van der Waals surface area contributed by atoms with Crippen molar-refractivity contribution >= 4 is 10.9 Å². The second-order valence-electron chi connectivity index (χ2n) is 5.56. The molecule has 2 rings (SSSR count). The molecule has 2 heterocycles. The molecule has 0 spiro atoms. The molecule has 7 nitrogen and oxygen atoms in total. The first kappa shape index (κ1) is 16.4. The molecule has 0 saturated carbocycles. The Morgan fingerprint density at radius 1 is 1.05 bits per heavy atom. The number of ether oxygens (including phenoxy) is 1. The number of aliphatic hydroxyl groups excluding tert-OH is 6. The SMILES string of the molecule is CC1[C@H](O)C(O)C(O)O[C@@H]1C[S+]1C[C@@H](O)[C@H](O)[C@H]1CO. The third-order valence-corrected chi connectivity index (χ3v) is 7.04. The van der Waals surface area contributed by atoms with E-state index >= 15 is 0 Å². The normalized spacial score (nSPS) is 53.2. The van der Waals surface area contributed by atoms with Crippen molar-refractivity contribution in [2.24, 2.45) is 5.92 Å². The molecule has 9 atom stereocenters. The summed E-state index contributed by atoms with van der Waals surface area (Å²) in [5.74, 6) is 0.407. The standard InChI is InChI=1S/C12H23O7S/c1-5-7(19-12(18)11(17)9(5)15)4-20-3-6(14)10(16)8(20)2-13/h5-18H,2-4H2,1H3/q+1/t5?,6-,7-,8-,9+,10+,11?,12?,20?/m1/s1. The van der Waals surface area contributed by atoms with E-state index in [4.69, 9.17) is 4.74 Å². The topological polar surface area (TPSA) is 131 Å². The summed E-state index contributed by atoms with van der Waals surface area (Å²) < 4.78 is 5.31. The monoisotopic (exact) mass is 311 g/mol. The summed E-state index contributed by atoms with van der Waals surface area (Å²) in [6.07, 6.45) is -6.18. The van der Waals surface area contributed by atoms with E-state index in [9.17, 15) is 30.6 Å². The van der Waals surface area contributed by atoms with Crippen molar-refractivity contribution in [3.05, 3.63) is 0 Å². The molecule has 2 fully saturated rings. The van der Waals surface area contributed by atoms with E-state index in [1.54, 1.807) is 6.92 Å². The second kappa shape index (κ2) is 6.45. The quantitative estimate of drug-likeness (QED) is 0.302. The summed E-state index contributed by atoms with van der Waals surface area (Å²) in [4.78, 5) is 0. The lowest BCUT2D eigenvalue weighted by Crippen LogP contribution is -2.55. The average Bonchev–Trinajstić information content (AvgIpc) is 2.68. The summed E-state index contributed by atoms with van der Waals surface area (Å²) >= 11 is 0. The highest BCUT2D eigenvalue weighted by molar-refractivity contribution is 7.97. The molecule has 8 heteroatoms. The third kappa shape index (κ3) is 2.97. The average molecular weight is 311 g/mol. The molecule has 20 heavy (non-hydrogen) atoms. The Bertz CT molecular complexity index is 331. The lowest BCUT2D eigenvalue weighted by molar-refractivity contribution is -0.260. The first-order chi connectivity index (χ1) is 9.36. The Morgan fingerprint density at radius 3 is 2.30 bits per heavy atom. The van der Waals surface area contributed by atoms with Gasteiger partial charge in [0.15, 0.2) is 11.5 Å². The van der Waals surface area contributed by atoms with Gasteiger partial charge in [0.2, 0.25) is 0 Å². The lowest BCUT2D eigenvalue weighted by atomic mass is 9.92. The first-order valence-electron chi connectivity index (χ1n) is 6.69. The number of aliphatic hydroxyl groups is 6. The van der Waals surface area contributed by atoms with Gasteiger partial charge in [-0.3, -0.25) is 0 Å². The van der Waals surface area contributed by atoms with Crippen molar-refractivity contribution < 1.29 is 35.4 Å². The molecule has 2 saturated heterocycles. The maximum absolute atomic E-state index is 9.85. The first-order valence-corrected chi connectivity index (χ1v) is 8.32. The number of hydrogen-bond donors (Lipinski definition) is 6. The molecule has 2 aliphatic heterocycles. The van der Waals surface area contributed by atoms with Crippen molar-refractivity contribution in [2.45, 2.75) is 49.0 Å². The molecular weight excluding hydrogens is 288 g/mol. The molecule has 0 radical (unpaired) electrons. The Hall–Kier alpha value is 0.0700. The molecule has 0 aromatic heterocycles. The third-order valence-electron chi connectivity index (χ3n) is 4.23. The molecule has 0 bridgehead atoms. The van der Waals surface area contributed by atoms with E-state index < -0.39 is 53.0 Å². The van der Waals surface area contributed by atoms with Crippen LogP contribution in [-0.4, -0.2) is 90.8 Å². The van der Waals surface area contributed by atoms with Gasteiger partial charge in [-0.05, 0) is 0 Å². The van der Waals surface area contributed by atoms with Crippen LogP contribution in [0.5, 0.6) is 0 Å². The zero-order valence-electron chi connectivity index (χ0n) is 11.2.